The van der Waals surface area contributed by atoms with Gasteiger partial charge in [-0.3, -0.25) is 4.98 Å². The molecule has 2 heterocycles. The Labute approximate surface area is 198 Å². The monoisotopic (exact) mass is 497 g/mol. The summed E-state index contributed by atoms with van der Waals surface area (Å²) < 4.78 is 53.3. The number of nitrogens with one attached hydrogen (secondary N) is 1. The molecule has 0 saturated heterocycles. The third-order valence-corrected chi connectivity index (χ3v) is 8.70. The average molecular weight is 498 g/mol. The van der Waals surface area contributed by atoms with Crippen LogP contribution in [0.5, 0.6) is 0 Å². The predicted molar refractivity (Wildman–Crippen MR) is 132 cm³/mol. The summed E-state index contributed by atoms with van der Waals surface area (Å²) in [5, 5.41) is 0.771. The normalized spacial score (nSPS) is 12.4. The molecule has 0 unspecified atom stereocenters. The van der Waals surface area contributed by atoms with Crippen LogP contribution >= 0.6 is 0 Å². The molecule has 4 aromatic rings. The molecule has 0 bridgehead atoms. The smallest absolute Gasteiger partial charge is 0.246 e. The number of nitrogens with two attached hydrogens (primary N) is 1. The molecule has 0 saturated carbocycles. The van der Waals surface area contributed by atoms with Crippen molar-refractivity contribution in [3.8, 4) is 22.3 Å². The molecule has 2 aromatic heterocycles. The lowest BCUT2D eigenvalue weighted by atomic mass is 9.98. The van der Waals surface area contributed by atoms with Crippen LogP contribution in [0.1, 0.15) is 0 Å². The van der Waals surface area contributed by atoms with Crippen molar-refractivity contribution in [1.82, 2.24) is 19.0 Å². The standard InChI is InChI=1S/C23H23N5O4S2/c1-25-33(29,30)18-6-4-5-16(11-18)19-9-10-26-21-8-7-15(12-20(19)21)17-13-22(23(24)27-14-17)34(31,32)28(2)3/h4-14,25H,1-3H3,(H2,24,27). The summed E-state index contributed by atoms with van der Waals surface area (Å²) in [6.45, 7) is 0. The first-order chi connectivity index (χ1) is 16.0. The van der Waals surface area contributed by atoms with E-state index in [0.717, 1.165) is 15.3 Å². The van der Waals surface area contributed by atoms with E-state index in [1.807, 2.05) is 24.3 Å². The molecule has 11 heteroatoms. The molecule has 0 fully saturated rings. The van der Waals surface area contributed by atoms with Gasteiger partial charge in [0.15, 0.2) is 0 Å². The van der Waals surface area contributed by atoms with Gasteiger partial charge in [-0.25, -0.2) is 30.8 Å². The second-order valence-corrected chi connectivity index (χ2v) is 11.7. The quantitative estimate of drug-likeness (QED) is 0.418. The minimum absolute atomic E-state index is 0.0773. The van der Waals surface area contributed by atoms with E-state index in [-0.39, 0.29) is 15.6 Å². The first-order valence-corrected chi connectivity index (χ1v) is 13.1. The van der Waals surface area contributed by atoms with E-state index >= 15 is 0 Å². The molecule has 0 aliphatic heterocycles. The summed E-state index contributed by atoms with van der Waals surface area (Å²) in [7, 11) is -3.17. The van der Waals surface area contributed by atoms with Crippen LogP contribution in [0.3, 0.4) is 0 Å². The molecule has 0 amide bonds. The zero-order valence-corrected chi connectivity index (χ0v) is 20.4. The lowest BCUT2D eigenvalue weighted by Crippen LogP contribution is -2.23. The maximum absolute atomic E-state index is 12.7. The lowest BCUT2D eigenvalue weighted by molar-refractivity contribution is 0.521. The van der Waals surface area contributed by atoms with E-state index in [1.54, 1.807) is 24.4 Å². The highest BCUT2D eigenvalue weighted by molar-refractivity contribution is 7.89. The van der Waals surface area contributed by atoms with Crippen LogP contribution < -0.4 is 10.5 Å². The first-order valence-electron chi connectivity index (χ1n) is 10.2. The molecule has 0 radical (unpaired) electrons. The summed E-state index contributed by atoms with van der Waals surface area (Å²) in [6, 6.07) is 15.4. The zero-order valence-electron chi connectivity index (χ0n) is 18.7. The topological polar surface area (TPSA) is 135 Å². The van der Waals surface area contributed by atoms with Crippen LogP contribution in [0.4, 0.5) is 5.82 Å². The minimum Gasteiger partial charge on any atom is -0.383 e. The SMILES string of the molecule is CNS(=O)(=O)c1cccc(-c2ccnc3ccc(-c4cnc(N)c(S(=O)(=O)N(C)C)c4)cc23)c1. The molecule has 0 atom stereocenters. The fraction of sp³-hybridized carbons (Fsp3) is 0.130. The number of pyridine rings is 2. The van der Waals surface area contributed by atoms with Crippen LogP contribution in [-0.4, -0.2) is 52.3 Å². The van der Waals surface area contributed by atoms with Gasteiger partial charge in [0.05, 0.1) is 10.4 Å². The number of rotatable bonds is 6. The molecule has 3 N–H and O–H groups in total. The molecule has 34 heavy (non-hydrogen) atoms. The maximum atomic E-state index is 12.7. The van der Waals surface area contributed by atoms with Gasteiger partial charge in [-0.05, 0) is 60.1 Å². The lowest BCUT2D eigenvalue weighted by Gasteiger charge is -2.14. The van der Waals surface area contributed by atoms with Gasteiger partial charge in [0.2, 0.25) is 20.0 Å². The van der Waals surface area contributed by atoms with Gasteiger partial charge in [0.1, 0.15) is 10.7 Å². The number of aromatic nitrogens is 2. The number of sulfonamides is 2. The van der Waals surface area contributed by atoms with Crippen LogP contribution in [-0.2, 0) is 20.0 Å². The Bertz CT molecular complexity index is 1620. The average Bonchev–Trinajstić information content (AvgIpc) is 2.83. The number of hydrogen-bond donors (Lipinski definition) is 2. The highest BCUT2D eigenvalue weighted by Gasteiger charge is 2.22. The summed E-state index contributed by atoms with van der Waals surface area (Å²) >= 11 is 0. The fourth-order valence-corrected chi connectivity index (χ4v) is 5.30. The molecular weight excluding hydrogens is 474 g/mol. The summed E-state index contributed by atoms with van der Waals surface area (Å²) in [5.74, 6) is -0.0804. The third-order valence-electron chi connectivity index (χ3n) is 5.44. The van der Waals surface area contributed by atoms with Crippen LogP contribution in [0.2, 0.25) is 0 Å². The largest absolute Gasteiger partial charge is 0.383 e. The van der Waals surface area contributed by atoms with Crippen molar-refractivity contribution in [2.45, 2.75) is 9.79 Å². The minimum atomic E-state index is -3.78. The molecule has 4 rings (SSSR count). The van der Waals surface area contributed by atoms with E-state index in [9.17, 15) is 16.8 Å². The highest BCUT2D eigenvalue weighted by Crippen LogP contribution is 2.33. The van der Waals surface area contributed by atoms with Crippen molar-refractivity contribution in [2.24, 2.45) is 0 Å². The number of nitrogen functional groups attached to an aromatic ring is 1. The van der Waals surface area contributed by atoms with Gasteiger partial charge in [-0.2, -0.15) is 0 Å². The number of anilines is 1. The van der Waals surface area contributed by atoms with Gasteiger partial charge in [-0.1, -0.05) is 18.2 Å². The highest BCUT2D eigenvalue weighted by atomic mass is 32.2. The predicted octanol–water partition coefficient (Wildman–Crippen LogP) is 2.70. The summed E-state index contributed by atoms with van der Waals surface area (Å²) in [5.41, 5.74) is 9.33. The van der Waals surface area contributed by atoms with E-state index in [0.29, 0.717) is 22.2 Å². The Morgan fingerprint density at radius 2 is 1.65 bits per heavy atom. The van der Waals surface area contributed by atoms with E-state index in [2.05, 4.69) is 14.7 Å². The van der Waals surface area contributed by atoms with E-state index < -0.39 is 20.0 Å². The second-order valence-electron chi connectivity index (χ2n) is 7.72. The van der Waals surface area contributed by atoms with Gasteiger partial charge in [-0.15, -0.1) is 0 Å². The van der Waals surface area contributed by atoms with Crippen molar-refractivity contribution in [3.05, 3.63) is 67.0 Å². The van der Waals surface area contributed by atoms with Gasteiger partial charge in [0.25, 0.3) is 0 Å². The van der Waals surface area contributed by atoms with E-state index in [1.165, 1.54) is 39.5 Å². The second kappa shape index (κ2) is 8.76. The number of fused-ring (bicyclic) bond motifs is 1. The van der Waals surface area contributed by atoms with Gasteiger partial charge in [0, 0.05) is 37.4 Å². The molecule has 0 aliphatic rings. The van der Waals surface area contributed by atoms with Crippen LogP contribution in [0.15, 0.2) is 76.8 Å². The van der Waals surface area contributed by atoms with E-state index in [4.69, 9.17) is 5.73 Å². The Balaban J connectivity index is 1.89. The number of nitrogens with zero attached hydrogens (tertiary/aromatic N) is 3. The summed E-state index contributed by atoms with van der Waals surface area (Å²) in [4.78, 5) is 8.58. The Morgan fingerprint density at radius 1 is 0.882 bits per heavy atom. The molecule has 0 aliphatic carbocycles. The Hall–Kier alpha value is -3.38. The van der Waals surface area contributed by atoms with Crippen molar-refractivity contribution < 1.29 is 16.8 Å². The zero-order chi connectivity index (χ0) is 24.7. The fourth-order valence-electron chi connectivity index (χ4n) is 3.54. The first kappa shape index (κ1) is 23.8. The Morgan fingerprint density at radius 3 is 2.35 bits per heavy atom. The molecular formula is C23H23N5O4S2. The van der Waals surface area contributed by atoms with Gasteiger partial charge >= 0.3 is 0 Å². The molecule has 0 spiro atoms. The molecule has 9 nitrogen and oxygen atoms in total. The number of benzene rings is 2. The van der Waals surface area contributed by atoms with Crippen molar-refractivity contribution in [1.29, 1.82) is 0 Å². The molecule has 2 aromatic carbocycles. The summed E-state index contributed by atoms with van der Waals surface area (Å²) in [6.07, 6.45) is 3.17. The van der Waals surface area contributed by atoms with Crippen LogP contribution in [0, 0.1) is 0 Å². The van der Waals surface area contributed by atoms with Crippen molar-refractivity contribution in [3.63, 3.8) is 0 Å². The maximum Gasteiger partial charge on any atom is 0.246 e. The van der Waals surface area contributed by atoms with Crippen molar-refractivity contribution >= 4 is 36.8 Å². The Kier molecular flexibility index (Phi) is 6.13. The molecule has 176 valence electrons. The van der Waals surface area contributed by atoms with Gasteiger partial charge < -0.3 is 5.73 Å². The van der Waals surface area contributed by atoms with Crippen LogP contribution in [0.25, 0.3) is 33.2 Å². The third kappa shape index (κ3) is 4.26. The number of hydrogen-bond acceptors (Lipinski definition) is 7. The van der Waals surface area contributed by atoms with Crippen molar-refractivity contribution in [2.75, 3.05) is 26.9 Å².